The molecule has 29 heavy (non-hydrogen) atoms. The zero-order valence-electron chi connectivity index (χ0n) is 16.6. The summed E-state index contributed by atoms with van der Waals surface area (Å²) in [5.74, 6) is 1.05. The van der Waals surface area contributed by atoms with Crippen molar-refractivity contribution >= 4 is 22.5 Å². The van der Waals surface area contributed by atoms with Crippen LogP contribution in [0, 0.1) is 5.82 Å². The average Bonchev–Trinajstić information content (AvgIpc) is 3.17. The molecule has 1 fully saturated rings. The minimum atomic E-state index is -0.306. The van der Waals surface area contributed by atoms with Gasteiger partial charge in [-0.1, -0.05) is 0 Å². The number of carbonyl (C=O) groups excluding carboxylic acids is 1. The van der Waals surface area contributed by atoms with Crippen LogP contribution in [0.5, 0.6) is 5.75 Å². The molecule has 2 N–H and O–H groups in total. The fourth-order valence-electron chi connectivity index (χ4n) is 4.07. The summed E-state index contributed by atoms with van der Waals surface area (Å²) in [5.41, 5.74) is 3.12. The Morgan fingerprint density at radius 3 is 2.69 bits per heavy atom. The van der Waals surface area contributed by atoms with E-state index in [1.807, 2.05) is 6.07 Å². The van der Waals surface area contributed by atoms with E-state index in [0.29, 0.717) is 18.0 Å². The fourth-order valence-corrected chi connectivity index (χ4v) is 4.07. The molecule has 0 radical (unpaired) electrons. The number of likely N-dealkylation sites (tertiary alicyclic amines) is 1. The Balaban J connectivity index is 1.28. The number of anilines is 1. The molecule has 1 aliphatic heterocycles. The van der Waals surface area contributed by atoms with Crippen LogP contribution in [0.4, 0.5) is 10.1 Å². The van der Waals surface area contributed by atoms with Crippen LogP contribution in [-0.4, -0.2) is 42.5 Å². The fraction of sp³-hybridized carbons (Fsp3) is 0.348. The van der Waals surface area contributed by atoms with Gasteiger partial charge in [0.15, 0.2) is 0 Å². The lowest BCUT2D eigenvalue weighted by Gasteiger charge is -2.31. The first-order valence-electron chi connectivity index (χ1n) is 10.0. The summed E-state index contributed by atoms with van der Waals surface area (Å²) in [4.78, 5) is 17.9. The highest BCUT2D eigenvalue weighted by Crippen LogP contribution is 2.34. The summed E-state index contributed by atoms with van der Waals surface area (Å²) in [6.45, 7) is 2.69. The number of nitrogens with one attached hydrogen (secondary N) is 2. The SMILES string of the molecule is COc1ccc2[nH]cc(C3CCN(CCC(=O)Nc4ccc(F)cc4)CC3)c2c1. The highest BCUT2D eigenvalue weighted by Gasteiger charge is 2.23. The van der Waals surface area contributed by atoms with E-state index < -0.39 is 0 Å². The molecule has 0 saturated carbocycles. The number of hydrogen-bond donors (Lipinski definition) is 2. The molecule has 0 unspecified atom stereocenters. The predicted octanol–water partition coefficient (Wildman–Crippen LogP) is 4.52. The molecule has 1 aromatic heterocycles. The minimum Gasteiger partial charge on any atom is -0.497 e. The summed E-state index contributed by atoms with van der Waals surface area (Å²) < 4.78 is 18.3. The van der Waals surface area contributed by atoms with Gasteiger partial charge in [0.05, 0.1) is 7.11 Å². The number of amides is 1. The van der Waals surface area contributed by atoms with E-state index in [9.17, 15) is 9.18 Å². The number of carbonyl (C=O) groups is 1. The Labute approximate surface area is 169 Å². The summed E-state index contributed by atoms with van der Waals surface area (Å²) in [6, 6.07) is 12.0. The zero-order valence-corrected chi connectivity index (χ0v) is 16.6. The van der Waals surface area contributed by atoms with Gasteiger partial charge in [0.2, 0.25) is 5.91 Å². The van der Waals surface area contributed by atoms with Gasteiger partial charge in [0.1, 0.15) is 11.6 Å². The number of benzene rings is 2. The molecular formula is C23H26FN3O2. The van der Waals surface area contributed by atoms with Crippen LogP contribution in [0.1, 0.15) is 30.7 Å². The van der Waals surface area contributed by atoms with Crippen molar-refractivity contribution in [3.8, 4) is 5.75 Å². The topological polar surface area (TPSA) is 57.4 Å². The number of nitrogens with zero attached hydrogens (tertiary/aromatic N) is 1. The first-order valence-corrected chi connectivity index (χ1v) is 10.0. The van der Waals surface area contributed by atoms with Crippen molar-refractivity contribution in [3.63, 3.8) is 0 Å². The zero-order chi connectivity index (χ0) is 20.2. The molecule has 5 nitrogen and oxygen atoms in total. The first kappa shape index (κ1) is 19.5. The predicted molar refractivity (Wildman–Crippen MR) is 113 cm³/mol. The van der Waals surface area contributed by atoms with Gasteiger partial charge in [0.25, 0.3) is 0 Å². The van der Waals surface area contributed by atoms with Gasteiger partial charge in [-0.2, -0.15) is 0 Å². The van der Waals surface area contributed by atoms with E-state index in [4.69, 9.17) is 4.74 Å². The van der Waals surface area contributed by atoms with Gasteiger partial charge in [0, 0.05) is 35.8 Å². The monoisotopic (exact) mass is 395 g/mol. The van der Waals surface area contributed by atoms with E-state index in [1.165, 1.54) is 23.1 Å². The molecule has 0 bridgehead atoms. The van der Waals surface area contributed by atoms with E-state index in [0.717, 1.165) is 43.7 Å². The van der Waals surface area contributed by atoms with Crippen LogP contribution >= 0.6 is 0 Å². The summed E-state index contributed by atoms with van der Waals surface area (Å²) >= 11 is 0. The highest BCUT2D eigenvalue weighted by atomic mass is 19.1. The normalized spacial score (nSPS) is 15.5. The molecule has 2 aromatic carbocycles. The minimum absolute atomic E-state index is 0.0394. The maximum atomic E-state index is 12.9. The van der Waals surface area contributed by atoms with E-state index >= 15 is 0 Å². The van der Waals surface area contributed by atoms with Crippen molar-refractivity contribution in [3.05, 3.63) is 60.0 Å². The van der Waals surface area contributed by atoms with Gasteiger partial charge >= 0.3 is 0 Å². The Kier molecular flexibility index (Phi) is 5.81. The second kappa shape index (κ2) is 8.66. The number of halogens is 1. The molecule has 1 aliphatic rings. The van der Waals surface area contributed by atoms with Crippen LogP contribution in [-0.2, 0) is 4.79 Å². The quantitative estimate of drug-likeness (QED) is 0.645. The van der Waals surface area contributed by atoms with E-state index in [-0.39, 0.29) is 11.7 Å². The number of piperidine rings is 1. The second-order valence-electron chi connectivity index (χ2n) is 7.58. The maximum Gasteiger partial charge on any atom is 0.225 e. The average molecular weight is 395 g/mol. The molecule has 1 saturated heterocycles. The standard InChI is InChI=1S/C23H26FN3O2/c1-29-19-6-7-22-20(14-19)21(15-25-22)16-8-11-27(12-9-16)13-10-23(28)26-18-4-2-17(24)3-5-18/h2-7,14-16,25H,8-13H2,1H3,(H,26,28). The molecule has 0 aliphatic carbocycles. The Morgan fingerprint density at radius 1 is 1.21 bits per heavy atom. The lowest BCUT2D eigenvalue weighted by molar-refractivity contribution is -0.116. The van der Waals surface area contributed by atoms with Crippen molar-refractivity contribution in [2.75, 3.05) is 32.1 Å². The number of H-pyrrole nitrogens is 1. The van der Waals surface area contributed by atoms with E-state index in [1.54, 1.807) is 19.2 Å². The van der Waals surface area contributed by atoms with Crippen LogP contribution in [0.25, 0.3) is 10.9 Å². The molecule has 0 atom stereocenters. The number of fused-ring (bicyclic) bond motifs is 1. The van der Waals surface area contributed by atoms with Crippen molar-refractivity contribution in [1.82, 2.24) is 9.88 Å². The molecule has 0 spiro atoms. The Bertz CT molecular complexity index is 975. The third-order valence-electron chi connectivity index (χ3n) is 5.73. The van der Waals surface area contributed by atoms with Crippen molar-refractivity contribution in [2.45, 2.75) is 25.2 Å². The third kappa shape index (κ3) is 4.59. The van der Waals surface area contributed by atoms with Gasteiger partial charge in [-0.25, -0.2) is 4.39 Å². The number of ether oxygens (including phenoxy) is 1. The molecule has 3 aromatic rings. The molecule has 2 heterocycles. The third-order valence-corrected chi connectivity index (χ3v) is 5.73. The lowest BCUT2D eigenvalue weighted by Crippen LogP contribution is -2.35. The number of aromatic amines is 1. The van der Waals surface area contributed by atoms with E-state index in [2.05, 4.69) is 33.5 Å². The van der Waals surface area contributed by atoms with Gasteiger partial charge in [-0.05, 0) is 79.9 Å². The second-order valence-corrected chi connectivity index (χ2v) is 7.58. The highest BCUT2D eigenvalue weighted by molar-refractivity contribution is 5.90. The summed E-state index contributed by atoms with van der Waals surface area (Å²) in [5, 5.41) is 4.06. The van der Waals surface area contributed by atoms with Crippen LogP contribution < -0.4 is 10.1 Å². The molecule has 6 heteroatoms. The molecular weight excluding hydrogens is 369 g/mol. The van der Waals surface area contributed by atoms with Gasteiger partial charge in [-0.15, -0.1) is 0 Å². The molecule has 1 amide bonds. The largest absolute Gasteiger partial charge is 0.497 e. The van der Waals surface area contributed by atoms with Crippen LogP contribution in [0.3, 0.4) is 0 Å². The number of hydrogen-bond acceptors (Lipinski definition) is 3. The number of aromatic nitrogens is 1. The molecule has 4 rings (SSSR count). The maximum absolute atomic E-state index is 12.9. The van der Waals surface area contributed by atoms with Crippen LogP contribution in [0.2, 0.25) is 0 Å². The first-order chi connectivity index (χ1) is 14.1. The number of rotatable bonds is 6. The Hall–Kier alpha value is -2.86. The summed E-state index contributed by atoms with van der Waals surface area (Å²) in [7, 11) is 1.69. The summed E-state index contributed by atoms with van der Waals surface area (Å²) in [6.07, 6.45) is 4.71. The number of methoxy groups -OCH3 is 1. The van der Waals surface area contributed by atoms with Gasteiger partial charge < -0.3 is 19.9 Å². The Morgan fingerprint density at radius 2 is 1.97 bits per heavy atom. The van der Waals surface area contributed by atoms with Crippen molar-refractivity contribution in [1.29, 1.82) is 0 Å². The molecule has 152 valence electrons. The van der Waals surface area contributed by atoms with Crippen molar-refractivity contribution < 1.29 is 13.9 Å². The van der Waals surface area contributed by atoms with Crippen molar-refractivity contribution in [2.24, 2.45) is 0 Å². The van der Waals surface area contributed by atoms with Gasteiger partial charge in [-0.3, -0.25) is 4.79 Å². The lowest BCUT2D eigenvalue weighted by atomic mass is 9.89. The smallest absolute Gasteiger partial charge is 0.225 e. The van der Waals surface area contributed by atoms with Crippen LogP contribution in [0.15, 0.2) is 48.7 Å².